The van der Waals surface area contributed by atoms with E-state index in [2.05, 4.69) is 34.2 Å². The van der Waals surface area contributed by atoms with Crippen LogP contribution in [0.15, 0.2) is 24.3 Å². The monoisotopic (exact) mass is 435 g/mol. The second kappa shape index (κ2) is 8.26. The molecule has 8 nitrogen and oxygen atoms in total. The zero-order chi connectivity index (χ0) is 23.0. The van der Waals surface area contributed by atoms with E-state index in [1.807, 2.05) is 52.0 Å². The highest BCUT2D eigenvalue weighted by Crippen LogP contribution is 2.36. The number of nitrogens with one attached hydrogen (secondary N) is 1. The number of hydrogen-bond acceptors (Lipinski definition) is 6. The predicted molar refractivity (Wildman–Crippen MR) is 120 cm³/mol. The van der Waals surface area contributed by atoms with Gasteiger partial charge in [0.1, 0.15) is 0 Å². The van der Waals surface area contributed by atoms with Crippen LogP contribution in [0.4, 0.5) is 0 Å². The average molecular weight is 436 g/mol. The summed E-state index contributed by atoms with van der Waals surface area (Å²) in [4.78, 5) is 21.8. The van der Waals surface area contributed by atoms with Crippen molar-refractivity contribution in [3.8, 4) is 17.4 Å². The molecule has 168 valence electrons. The second-order valence-electron chi connectivity index (χ2n) is 8.92. The van der Waals surface area contributed by atoms with Gasteiger partial charge >= 0.3 is 0 Å². The van der Waals surface area contributed by atoms with Crippen molar-refractivity contribution in [1.29, 1.82) is 0 Å². The summed E-state index contributed by atoms with van der Waals surface area (Å²) in [5, 5.41) is 7.67. The van der Waals surface area contributed by atoms with Crippen LogP contribution in [0, 0.1) is 27.7 Å². The molecular weight excluding hydrogens is 406 g/mol. The van der Waals surface area contributed by atoms with Crippen molar-refractivity contribution < 1.29 is 14.3 Å². The minimum Gasteiger partial charge on any atom is -0.454 e. The lowest BCUT2D eigenvalue weighted by Gasteiger charge is -2.26. The first-order valence-electron chi connectivity index (χ1n) is 10.7. The number of aromatic nitrogens is 4. The van der Waals surface area contributed by atoms with Gasteiger partial charge in [-0.1, -0.05) is 19.9 Å². The number of aryl methyl sites for hydroxylation is 3. The molecule has 8 heteroatoms. The number of amides is 1. The first kappa shape index (κ1) is 21.8. The van der Waals surface area contributed by atoms with E-state index < -0.39 is 0 Å². The van der Waals surface area contributed by atoms with Crippen LogP contribution < -0.4 is 14.8 Å². The van der Waals surface area contributed by atoms with Gasteiger partial charge in [-0.05, 0) is 51.5 Å². The van der Waals surface area contributed by atoms with Crippen molar-refractivity contribution in [2.24, 2.45) is 0 Å². The lowest BCUT2D eigenvalue weighted by Crippen LogP contribution is -2.37. The number of hydrogen-bond donors (Lipinski definition) is 1. The maximum Gasteiger partial charge on any atom is 0.251 e. The molecule has 0 bridgehead atoms. The number of ether oxygens (including phenoxy) is 2. The zero-order valence-corrected chi connectivity index (χ0v) is 19.4. The van der Waals surface area contributed by atoms with E-state index in [1.165, 1.54) is 0 Å². The summed E-state index contributed by atoms with van der Waals surface area (Å²) in [7, 11) is 0. The second-order valence-corrected chi connectivity index (χ2v) is 8.92. The Morgan fingerprint density at radius 3 is 2.47 bits per heavy atom. The quantitative estimate of drug-likeness (QED) is 0.639. The number of nitrogens with zero attached hydrogens (tertiary/aromatic N) is 4. The van der Waals surface area contributed by atoms with Crippen LogP contribution in [0.1, 0.15) is 47.8 Å². The molecular formula is C24H29N5O3. The number of carbonyl (C=O) groups is 1. The molecule has 0 spiro atoms. The van der Waals surface area contributed by atoms with Crippen LogP contribution in [-0.4, -0.2) is 39.0 Å². The number of rotatable bonds is 6. The van der Waals surface area contributed by atoms with E-state index in [9.17, 15) is 4.79 Å². The topological polar surface area (TPSA) is 91.2 Å². The first-order valence-corrected chi connectivity index (χ1v) is 10.7. The molecule has 3 heterocycles. The Balaban J connectivity index is 1.46. The SMILES string of the molecule is Cc1cc(C)nc(-n2nc(C)c(CC(=O)NCC(C)(C)c3ccc4c(c3)OCO4)c2C)n1. The van der Waals surface area contributed by atoms with E-state index in [4.69, 9.17) is 9.47 Å². The smallest absolute Gasteiger partial charge is 0.251 e. The summed E-state index contributed by atoms with van der Waals surface area (Å²) in [6.45, 7) is 12.6. The van der Waals surface area contributed by atoms with Crippen molar-refractivity contribution in [3.63, 3.8) is 0 Å². The van der Waals surface area contributed by atoms with Gasteiger partial charge < -0.3 is 14.8 Å². The Morgan fingerprint density at radius 1 is 1.06 bits per heavy atom. The third-order valence-corrected chi connectivity index (χ3v) is 5.82. The van der Waals surface area contributed by atoms with Crippen molar-refractivity contribution in [2.75, 3.05) is 13.3 Å². The average Bonchev–Trinajstić information content (AvgIpc) is 3.31. The maximum absolute atomic E-state index is 12.8. The third kappa shape index (κ3) is 4.30. The standard InChI is InChI=1S/C24H29N5O3/c1-14-9-15(2)27-23(26-14)29-17(4)19(16(3)28-29)11-22(30)25-12-24(5,6)18-7-8-20-21(10-18)32-13-31-20/h7-10H,11-13H2,1-6H3,(H,25,30). The molecule has 1 aromatic carbocycles. The molecule has 1 aliphatic heterocycles. The number of fused-ring (bicyclic) bond motifs is 1. The van der Waals surface area contributed by atoms with E-state index in [1.54, 1.807) is 4.68 Å². The summed E-state index contributed by atoms with van der Waals surface area (Å²) >= 11 is 0. The van der Waals surface area contributed by atoms with Gasteiger partial charge in [0.05, 0.1) is 12.1 Å². The van der Waals surface area contributed by atoms with Crippen LogP contribution in [0.3, 0.4) is 0 Å². The van der Waals surface area contributed by atoms with Gasteiger partial charge in [-0.25, -0.2) is 14.6 Å². The molecule has 1 amide bonds. The van der Waals surface area contributed by atoms with Crippen LogP contribution >= 0.6 is 0 Å². The lowest BCUT2D eigenvalue weighted by atomic mass is 9.84. The van der Waals surface area contributed by atoms with Gasteiger partial charge in [0.2, 0.25) is 12.7 Å². The van der Waals surface area contributed by atoms with E-state index in [-0.39, 0.29) is 24.5 Å². The van der Waals surface area contributed by atoms with Crippen LogP contribution in [0.5, 0.6) is 11.5 Å². The molecule has 0 radical (unpaired) electrons. The fourth-order valence-corrected chi connectivity index (χ4v) is 3.89. The first-order chi connectivity index (χ1) is 15.1. The molecule has 4 rings (SSSR count). The Hall–Kier alpha value is -3.42. The van der Waals surface area contributed by atoms with E-state index in [0.29, 0.717) is 12.5 Å². The van der Waals surface area contributed by atoms with Gasteiger partial charge in [0.25, 0.3) is 5.95 Å². The lowest BCUT2D eigenvalue weighted by molar-refractivity contribution is -0.120. The van der Waals surface area contributed by atoms with E-state index >= 15 is 0 Å². The van der Waals surface area contributed by atoms with E-state index in [0.717, 1.165) is 45.4 Å². The van der Waals surface area contributed by atoms with Crippen LogP contribution in [-0.2, 0) is 16.6 Å². The summed E-state index contributed by atoms with van der Waals surface area (Å²) in [6.07, 6.45) is 0.250. The maximum atomic E-state index is 12.8. The van der Waals surface area contributed by atoms with Crippen LogP contribution in [0.25, 0.3) is 5.95 Å². The van der Waals surface area contributed by atoms with Gasteiger partial charge in [-0.15, -0.1) is 0 Å². The molecule has 0 atom stereocenters. The Kier molecular flexibility index (Phi) is 5.62. The minimum atomic E-state index is -0.266. The van der Waals surface area contributed by atoms with Gasteiger partial charge in [-0.3, -0.25) is 4.79 Å². The third-order valence-electron chi connectivity index (χ3n) is 5.82. The molecule has 0 aliphatic carbocycles. The number of benzene rings is 1. The van der Waals surface area contributed by atoms with Crippen molar-refractivity contribution in [2.45, 2.75) is 53.4 Å². The normalized spacial score (nSPS) is 12.8. The Bertz CT molecular complexity index is 1160. The highest BCUT2D eigenvalue weighted by molar-refractivity contribution is 5.79. The largest absolute Gasteiger partial charge is 0.454 e. The van der Waals surface area contributed by atoms with Crippen molar-refractivity contribution in [1.82, 2.24) is 25.1 Å². The van der Waals surface area contributed by atoms with Crippen molar-refractivity contribution in [3.05, 3.63) is 58.2 Å². The van der Waals surface area contributed by atoms with Crippen molar-refractivity contribution >= 4 is 5.91 Å². The molecule has 2 aromatic heterocycles. The molecule has 0 saturated heterocycles. The predicted octanol–water partition coefficient (Wildman–Crippen LogP) is 3.26. The molecule has 32 heavy (non-hydrogen) atoms. The van der Waals surface area contributed by atoms with Gasteiger partial charge in [0, 0.05) is 34.6 Å². The van der Waals surface area contributed by atoms with Gasteiger partial charge in [0.15, 0.2) is 11.5 Å². The molecule has 0 unspecified atom stereocenters. The fourth-order valence-electron chi connectivity index (χ4n) is 3.89. The zero-order valence-electron chi connectivity index (χ0n) is 19.4. The molecule has 1 N–H and O–H groups in total. The highest BCUT2D eigenvalue weighted by Gasteiger charge is 2.25. The molecule has 3 aromatic rings. The Labute approximate surface area is 188 Å². The molecule has 0 fully saturated rings. The summed E-state index contributed by atoms with van der Waals surface area (Å²) in [6, 6.07) is 7.83. The minimum absolute atomic E-state index is 0.0501. The summed E-state index contributed by atoms with van der Waals surface area (Å²) < 4.78 is 12.6. The summed E-state index contributed by atoms with van der Waals surface area (Å²) in [5.41, 5.74) is 5.14. The fraction of sp³-hybridized carbons (Fsp3) is 0.417. The summed E-state index contributed by atoms with van der Waals surface area (Å²) in [5.74, 6) is 1.98. The van der Waals surface area contributed by atoms with Gasteiger partial charge in [-0.2, -0.15) is 5.10 Å². The number of carbonyl (C=O) groups excluding carboxylic acids is 1. The van der Waals surface area contributed by atoms with Crippen LogP contribution in [0.2, 0.25) is 0 Å². The molecule has 1 aliphatic rings. The highest BCUT2D eigenvalue weighted by atomic mass is 16.7. The Morgan fingerprint density at radius 2 is 1.75 bits per heavy atom. The molecule has 0 saturated carbocycles.